The Morgan fingerprint density at radius 2 is 1.72 bits per heavy atom. The Bertz CT molecular complexity index is 1240. The van der Waals surface area contributed by atoms with Crippen LogP contribution in [-0.2, 0) is 12.0 Å². The number of unbranched alkanes of at least 4 members (excludes halogenated alkanes) is 1. The monoisotopic (exact) mass is 425 g/mol. The average Bonchev–Trinajstić information content (AvgIpc) is 3.11. The third-order valence-corrected chi connectivity index (χ3v) is 6.12. The average molecular weight is 426 g/mol. The number of hydrogen-bond acceptors (Lipinski definition) is 2. The highest BCUT2D eigenvalue weighted by Crippen LogP contribution is 2.34. The molecule has 32 heavy (non-hydrogen) atoms. The molecule has 1 heterocycles. The summed E-state index contributed by atoms with van der Waals surface area (Å²) in [4.78, 5) is 5.19. The second kappa shape index (κ2) is 8.82. The number of anilines is 2. The highest BCUT2D eigenvalue weighted by Gasteiger charge is 2.18. The van der Waals surface area contributed by atoms with Gasteiger partial charge in [-0.2, -0.15) is 0 Å². The number of nitrogens with one attached hydrogen (secondary N) is 1. The van der Waals surface area contributed by atoms with Crippen LogP contribution in [0.3, 0.4) is 0 Å². The molecule has 0 aliphatic rings. The van der Waals surface area contributed by atoms with Gasteiger partial charge < -0.3 is 9.88 Å². The second-order valence-electron chi connectivity index (χ2n) is 9.89. The van der Waals surface area contributed by atoms with Gasteiger partial charge in [0, 0.05) is 17.8 Å². The van der Waals surface area contributed by atoms with Crippen LogP contribution in [0.1, 0.15) is 57.2 Å². The summed E-state index contributed by atoms with van der Waals surface area (Å²) in [6, 6.07) is 21.8. The molecule has 4 rings (SSSR count). The van der Waals surface area contributed by atoms with Gasteiger partial charge in [-0.05, 0) is 66.6 Å². The molecular weight excluding hydrogens is 390 g/mol. The Morgan fingerprint density at radius 3 is 2.44 bits per heavy atom. The normalized spacial score (nSPS) is 11.8. The van der Waals surface area contributed by atoms with Crippen molar-refractivity contribution in [1.82, 2.24) is 9.55 Å². The van der Waals surface area contributed by atoms with Crippen molar-refractivity contribution in [2.24, 2.45) is 0 Å². The van der Waals surface area contributed by atoms with Crippen LogP contribution < -0.4 is 5.32 Å². The molecule has 0 unspecified atom stereocenters. The zero-order valence-electron chi connectivity index (χ0n) is 20.3. The lowest BCUT2D eigenvalue weighted by Gasteiger charge is -2.21. The van der Waals surface area contributed by atoms with E-state index >= 15 is 0 Å². The summed E-state index contributed by atoms with van der Waals surface area (Å²) >= 11 is 0. The first-order valence-corrected chi connectivity index (χ1v) is 11.7. The number of imidazole rings is 1. The second-order valence-corrected chi connectivity index (χ2v) is 9.89. The van der Waals surface area contributed by atoms with Crippen molar-refractivity contribution < 1.29 is 0 Å². The number of benzene rings is 3. The predicted octanol–water partition coefficient (Wildman–Crippen LogP) is 8.16. The Hall–Kier alpha value is -3.07. The quantitative estimate of drug-likeness (QED) is 0.338. The molecule has 4 aromatic rings. The Morgan fingerprint density at radius 1 is 0.938 bits per heavy atom. The summed E-state index contributed by atoms with van der Waals surface area (Å²) in [7, 11) is 0. The molecule has 3 heteroatoms. The van der Waals surface area contributed by atoms with E-state index in [0.717, 1.165) is 42.1 Å². The molecular formula is C29H35N3. The van der Waals surface area contributed by atoms with E-state index in [1.807, 2.05) is 0 Å². The molecule has 0 amide bonds. The van der Waals surface area contributed by atoms with Gasteiger partial charge in [0.15, 0.2) is 0 Å². The molecule has 0 aliphatic carbocycles. The van der Waals surface area contributed by atoms with Crippen LogP contribution >= 0.6 is 0 Å². The summed E-state index contributed by atoms with van der Waals surface area (Å²) in [5.74, 6) is 1.06. The number of nitrogens with zero attached hydrogens (tertiary/aromatic N) is 2. The van der Waals surface area contributed by atoms with Crippen molar-refractivity contribution in [1.29, 1.82) is 0 Å². The largest absolute Gasteiger partial charge is 0.354 e. The van der Waals surface area contributed by atoms with Crippen molar-refractivity contribution in [2.75, 3.05) is 5.32 Å². The van der Waals surface area contributed by atoms with Gasteiger partial charge in [0.25, 0.3) is 0 Å². The van der Waals surface area contributed by atoms with Gasteiger partial charge in [-0.3, -0.25) is 0 Å². The van der Waals surface area contributed by atoms with Crippen LogP contribution in [0.25, 0.3) is 22.4 Å². The SMILES string of the molecule is CCCCn1c(-c2ccccc2C)nc2c(Nc3cc(C)cc(C(C)(C)C)c3)cccc21. The maximum Gasteiger partial charge on any atom is 0.141 e. The standard InChI is InChI=1S/C29H35N3/c1-7-8-16-32-26-15-11-14-25(27(26)31-28(32)24-13-10-9-12-21(24)3)30-23-18-20(2)17-22(19-23)29(4,5)6/h9-15,17-19,30H,7-8,16H2,1-6H3. The van der Waals surface area contributed by atoms with Gasteiger partial charge in [-0.25, -0.2) is 4.98 Å². The number of aromatic nitrogens is 2. The van der Waals surface area contributed by atoms with E-state index in [9.17, 15) is 0 Å². The Kier molecular flexibility index (Phi) is 6.10. The third kappa shape index (κ3) is 4.43. The van der Waals surface area contributed by atoms with Crippen LogP contribution in [0.5, 0.6) is 0 Å². The molecule has 0 saturated carbocycles. The smallest absolute Gasteiger partial charge is 0.141 e. The lowest BCUT2D eigenvalue weighted by Crippen LogP contribution is -2.11. The van der Waals surface area contributed by atoms with Crippen molar-refractivity contribution >= 4 is 22.4 Å². The lowest BCUT2D eigenvalue weighted by molar-refractivity contribution is 0.590. The van der Waals surface area contributed by atoms with Crippen molar-refractivity contribution in [3.8, 4) is 11.4 Å². The molecule has 0 atom stereocenters. The van der Waals surface area contributed by atoms with Crippen LogP contribution in [-0.4, -0.2) is 9.55 Å². The maximum atomic E-state index is 5.19. The molecule has 0 aliphatic heterocycles. The van der Waals surface area contributed by atoms with Crippen LogP contribution in [0.15, 0.2) is 60.7 Å². The van der Waals surface area contributed by atoms with E-state index in [1.54, 1.807) is 0 Å². The molecule has 3 aromatic carbocycles. The van der Waals surface area contributed by atoms with E-state index in [2.05, 4.69) is 112 Å². The summed E-state index contributed by atoms with van der Waals surface area (Å²) in [6.45, 7) is 14.3. The van der Waals surface area contributed by atoms with Crippen molar-refractivity contribution in [2.45, 2.75) is 66.3 Å². The van der Waals surface area contributed by atoms with E-state index in [0.29, 0.717) is 0 Å². The molecule has 166 valence electrons. The number of fused-ring (bicyclic) bond motifs is 1. The Labute approximate surface area is 192 Å². The topological polar surface area (TPSA) is 29.9 Å². The number of para-hydroxylation sites is 1. The predicted molar refractivity (Wildman–Crippen MR) is 138 cm³/mol. The molecule has 0 spiro atoms. The van der Waals surface area contributed by atoms with Gasteiger partial charge in [-0.1, -0.05) is 70.5 Å². The summed E-state index contributed by atoms with van der Waals surface area (Å²) < 4.78 is 2.39. The van der Waals surface area contributed by atoms with Gasteiger partial charge in [-0.15, -0.1) is 0 Å². The number of rotatable bonds is 6. The first-order chi connectivity index (χ1) is 15.3. The van der Waals surface area contributed by atoms with Gasteiger partial charge >= 0.3 is 0 Å². The van der Waals surface area contributed by atoms with Gasteiger partial charge in [0.05, 0.1) is 11.2 Å². The summed E-state index contributed by atoms with van der Waals surface area (Å²) in [5, 5.41) is 3.69. The minimum atomic E-state index is 0.105. The fraction of sp³-hybridized carbons (Fsp3) is 0.345. The minimum absolute atomic E-state index is 0.105. The molecule has 0 radical (unpaired) electrons. The molecule has 1 N–H and O–H groups in total. The van der Waals surface area contributed by atoms with Crippen LogP contribution in [0, 0.1) is 13.8 Å². The zero-order chi connectivity index (χ0) is 22.9. The first-order valence-electron chi connectivity index (χ1n) is 11.7. The van der Waals surface area contributed by atoms with E-state index < -0.39 is 0 Å². The fourth-order valence-corrected chi connectivity index (χ4v) is 4.26. The zero-order valence-corrected chi connectivity index (χ0v) is 20.3. The third-order valence-electron chi connectivity index (χ3n) is 6.12. The molecule has 1 aromatic heterocycles. The summed E-state index contributed by atoms with van der Waals surface area (Å²) in [5.41, 5.74) is 9.54. The number of hydrogen-bond donors (Lipinski definition) is 1. The Balaban J connectivity index is 1.84. The van der Waals surface area contributed by atoms with E-state index in [4.69, 9.17) is 4.98 Å². The fourth-order valence-electron chi connectivity index (χ4n) is 4.26. The van der Waals surface area contributed by atoms with Gasteiger partial charge in [0.2, 0.25) is 0 Å². The molecule has 0 fully saturated rings. The minimum Gasteiger partial charge on any atom is -0.354 e. The van der Waals surface area contributed by atoms with Gasteiger partial charge in [0.1, 0.15) is 11.3 Å². The molecule has 0 bridgehead atoms. The highest BCUT2D eigenvalue weighted by atomic mass is 15.1. The van der Waals surface area contributed by atoms with Crippen molar-refractivity contribution in [3.63, 3.8) is 0 Å². The van der Waals surface area contributed by atoms with Crippen LogP contribution in [0.4, 0.5) is 11.4 Å². The van der Waals surface area contributed by atoms with Crippen LogP contribution in [0.2, 0.25) is 0 Å². The molecule has 3 nitrogen and oxygen atoms in total. The highest BCUT2D eigenvalue weighted by molar-refractivity contribution is 5.93. The lowest BCUT2D eigenvalue weighted by atomic mass is 9.86. The molecule has 0 saturated heterocycles. The summed E-state index contributed by atoms with van der Waals surface area (Å²) in [6.07, 6.45) is 2.29. The number of aryl methyl sites for hydroxylation is 3. The first kappa shape index (κ1) is 22.1. The van der Waals surface area contributed by atoms with E-state index in [-0.39, 0.29) is 5.41 Å². The van der Waals surface area contributed by atoms with E-state index in [1.165, 1.54) is 27.8 Å². The van der Waals surface area contributed by atoms with Crippen molar-refractivity contribution in [3.05, 3.63) is 77.4 Å². The maximum absolute atomic E-state index is 5.19.